The van der Waals surface area contributed by atoms with Gasteiger partial charge in [-0.1, -0.05) is 29.8 Å². The van der Waals surface area contributed by atoms with Gasteiger partial charge in [-0.05, 0) is 54.4 Å². The van der Waals surface area contributed by atoms with E-state index in [1.54, 1.807) is 29.2 Å². The Hall–Kier alpha value is -2.85. The van der Waals surface area contributed by atoms with Gasteiger partial charge in [0.05, 0.1) is 6.54 Å². The third-order valence-electron chi connectivity index (χ3n) is 4.07. The zero-order valence-electron chi connectivity index (χ0n) is 13.6. The molecule has 4 nitrogen and oxygen atoms in total. The van der Waals surface area contributed by atoms with Gasteiger partial charge in [0.2, 0.25) is 5.88 Å². The molecule has 124 valence electrons. The van der Waals surface area contributed by atoms with Crippen LogP contribution >= 0.6 is 11.6 Å². The van der Waals surface area contributed by atoms with Gasteiger partial charge < -0.3 is 4.74 Å². The van der Waals surface area contributed by atoms with Crippen LogP contribution < -0.4 is 9.64 Å². The first-order valence-electron chi connectivity index (χ1n) is 7.92. The molecule has 1 amide bonds. The molecule has 0 fully saturated rings. The van der Waals surface area contributed by atoms with Crippen molar-refractivity contribution in [2.45, 2.75) is 13.5 Å². The van der Waals surface area contributed by atoms with Crippen LogP contribution in [0, 0.1) is 6.92 Å². The van der Waals surface area contributed by atoms with Crippen molar-refractivity contribution >= 4 is 23.3 Å². The maximum atomic E-state index is 12.6. The molecule has 3 aromatic rings. The molecular weight excluding hydrogens is 336 g/mol. The van der Waals surface area contributed by atoms with Crippen LogP contribution in [0.5, 0.6) is 11.6 Å². The van der Waals surface area contributed by atoms with Gasteiger partial charge in [0.1, 0.15) is 11.6 Å². The maximum Gasteiger partial charge on any atom is 0.260 e. The summed E-state index contributed by atoms with van der Waals surface area (Å²) in [5.41, 5.74) is 2.71. The summed E-state index contributed by atoms with van der Waals surface area (Å²) >= 11 is 5.90. The Morgan fingerprint density at radius 2 is 1.84 bits per heavy atom. The predicted molar refractivity (Wildman–Crippen MR) is 97.5 cm³/mol. The zero-order chi connectivity index (χ0) is 17.4. The molecule has 25 heavy (non-hydrogen) atoms. The van der Waals surface area contributed by atoms with Crippen molar-refractivity contribution < 1.29 is 9.53 Å². The lowest BCUT2D eigenvalue weighted by atomic mass is 10.1. The Labute approximate surface area is 150 Å². The van der Waals surface area contributed by atoms with Crippen molar-refractivity contribution in [2.75, 3.05) is 4.90 Å². The number of amides is 1. The number of halogens is 1. The summed E-state index contributed by atoms with van der Waals surface area (Å²) in [5.74, 6) is 1.64. The van der Waals surface area contributed by atoms with Crippen molar-refractivity contribution in [3.8, 4) is 11.6 Å². The fourth-order valence-corrected chi connectivity index (χ4v) is 3.00. The first-order chi connectivity index (χ1) is 12.1. The molecule has 0 saturated carbocycles. The number of carbonyl (C=O) groups excluding carboxylic acids is 1. The Morgan fingerprint density at radius 1 is 1.08 bits per heavy atom. The number of hydrogen-bond donors (Lipinski definition) is 0. The quantitative estimate of drug-likeness (QED) is 0.667. The molecule has 0 radical (unpaired) electrons. The molecule has 5 heteroatoms. The number of rotatable bonds is 3. The Bertz CT molecular complexity index is 954. The van der Waals surface area contributed by atoms with Crippen LogP contribution in [0.4, 0.5) is 5.82 Å². The minimum atomic E-state index is -0.0360. The highest BCUT2D eigenvalue weighted by atomic mass is 35.5. The molecule has 0 spiro atoms. The van der Waals surface area contributed by atoms with E-state index >= 15 is 0 Å². The first-order valence-corrected chi connectivity index (χ1v) is 8.30. The highest BCUT2D eigenvalue weighted by molar-refractivity contribution is 6.30. The summed E-state index contributed by atoms with van der Waals surface area (Å²) in [6, 6.07) is 18.4. The van der Waals surface area contributed by atoms with Crippen LogP contribution in [0.25, 0.3) is 0 Å². The van der Waals surface area contributed by atoms with Crippen LogP contribution in [0.3, 0.4) is 0 Å². The van der Waals surface area contributed by atoms with Crippen molar-refractivity contribution in [2.24, 2.45) is 0 Å². The summed E-state index contributed by atoms with van der Waals surface area (Å²) in [7, 11) is 0. The van der Waals surface area contributed by atoms with Crippen molar-refractivity contribution in [1.82, 2.24) is 4.98 Å². The van der Waals surface area contributed by atoms with Crippen LogP contribution in [-0.4, -0.2) is 10.9 Å². The number of anilines is 1. The topological polar surface area (TPSA) is 42.4 Å². The van der Waals surface area contributed by atoms with E-state index in [4.69, 9.17) is 16.3 Å². The molecule has 4 rings (SSSR count). The van der Waals surface area contributed by atoms with Crippen LogP contribution in [0.2, 0.25) is 5.02 Å². The van der Waals surface area contributed by atoms with Gasteiger partial charge >= 0.3 is 0 Å². The number of hydrogen-bond acceptors (Lipinski definition) is 3. The average Bonchev–Trinajstić information content (AvgIpc) is 2.94. The fourth-order valence-electron chi connectivity index (χ4n) is 2.87. The average molecular weight is 351 g/mol. The highest BCUT2D eigenvalue weighted by Crippen LogP contribution is 2.30. The van der Waals surface area contributed by atoms with Gasteiger partial charge in [0.15, 0.2) is 0 Å². The normalized spacial score (nSPS) is 13.0. The number of ether oxygens (including phenoxy) is 1. The molecule has 0 N–H and O–H groups in total. The van der Waals surface area contributed by atoms with E-state index in [0.717, 1.165) is 16.7 Å². The molecule has 0 saturated heterocycles. The molecule has 0 bridgehead atoms. The zero-order valence-corrected chi connectivity index (χ0v) is 14.3. The third-order valence-corrected chi connectivity index (χ3v) is 4.32. The summed E-state index contributed by atoms with van der Waals surface area (Å²) in [6.07, 6.45) is 0. The minimum Gasteiger partial charge on any atom is -0.439 e. The number of benzene rings is 2. The Balaban J connectivity index is 1.64. The maximum absolute atomic E-state index is 12.6. The van der Waals surface area contributed by atoms with E-state index in [1.807, 2.05) is 43.3 Å². The minimum absolute atomic E-state index is 0.0360. The van der Waals surface area contributed by atoms with E-state index in [1.165, 1.54) is 0 Å². The molecule has 0 unspecified atom stereocenters. The monoisotopic (exact) mass is 350 g/mol. The van der Waals surface area contributed by atoms with Gasteiger partial charge in [-0.25, -0.2) is 0 Å². The van der Waals surface area contributed by atoms with Crippen molar-refractivity contribution in [3.63, 3.8) is 0 Å². The second-order valence-electron chi connectivity index (χ2n) is 5.95. The standard InChI is InChI=1S/C20H15ClN2O2/c1-13-10-18(23-12-14-4-2-3-5-17(14)20(23)24)22-19(11-13)25-16-8-6-15(21)7-9-16/h2-11H,12H2,1H3. The van der Waals surface area contributed by atoms with E-state index in [2.05, 4.69) is 4.98 Å². The molecule has 1 aliphatic heterocycles. The number of fused-ring (bicyclic) bond motifs is 1. The SMILES string of the molecule is Cc1cc(Oc2ccc(Cl)cc2)nc(N2Cc3ccccc3C2=O)c1. The smallest absolute Gasteiger partial charge is 0.260 e. The van der Waals surface area contributed by atoms with Crippen LogP contribution in [0.1, 0.15) is 21.5 Å². The number of pyridine rings is 1. The van der Waals surface area contributed by atoms with Gasteiger partial charge in [0, 0.05) is 16.7 Å². The second kappa shape index (κ2) is 6.22. The number of nitrogens with zero attached hydrogens (tertiary/aromatic N) is 2. The molecule has 1 aliphatic rings. The molecule has 0 aliphatic carbocycles. The fraction of sp³-hybridized carbons (Fsp3) is 0.100. The predicted octanol–water partition coefficient (Wildman–Crippen LogP) is 5.00. The first kappa shape index (κ1) is 15.7. The van der Waals surface area contributed by atoms with Gasteiger partial charge in [-0.15, -0.1) is 0 Å². The lowest BCUT2D eigenvalue weighted by molar-refractivity contribution is 0.0996. The van der Waals surface area contributed by atoms with Crippen molar-refractivity contribution in [3.05, 3.63) is 82.4 Å². The molecule has 1 aromatic heterocycles. The largest absolute Gasteiger partial charge is 0.439 e. The molecule has 2 heterocycles. The lowest BCUT2D eigenvalue weighted by Gasteiger charge is -2.16. The van der Waals surface area contributed by atoms with Crippen LogP contribution in [-0.2, 0) is 6.54 Å². The lowest BCUT2D eigenvalue weighted by Crippen LogP contribution is -2.24. The van der Waals surface area contributed by atoms with Gasteiger partial charge in [0.25, 0.3) is 5.91 Å². The highest BCUT2D eigenvalue weighted by Gasteiger charge is 2.29. The Morgan fingerprint density at radius 3 is 2.60 bits per heavy atom. The molecule has 2 aromatic carbocycles. The summed E-state index contributed by atoms with van der Waals surface area (Å²) < 4.78 is 5.82. The third kappa shape index (κ3) is 3.08. The molecular formula is C20H15ClN2O2. The van der Waals surface area contributed by atoms with E-state index in [9.17, 15) is 4.79 Å². The molecule has 0 atom stereocenters. The number of aromatic nitrogens is 1. The van der Waals surface area contributed by atoms with Crippen molar-refractivity contribution in [1.29, 1.82) is 0 Å². The second-order valence-corrected chi connectivity index (χ2v) is 6.38. The van der Waals surface area contributed by atoms with E-state index in [-0.39, 0.29) is 5.91 Å². The number of aryl methyl sites for hydroxylation is 1. The van der Waals surface area contributed by atoms with Gasteiger partial charge in [-0.2, -0.15) is 4.98 Å². The van der Waals surface area contributed by atoms with Crippen LogP contribution in [0.15, 0.2) is 60.7 Å². The summed E-state index contributed by atoms with van der Waals surface area (Å²) in [5, 5.41) is 0.644. The summed E-state index contributed by atoms with van der Waals surface area (Å²) in [6.45, 7) is 2.47. The van der Waals surface area contributed by atoms with Gasteiger partial charge in [-0.3, -0.25) is 9.69 Å². The summed E-state index contributed by atoms with van der Waals surface area (Å²) in [4.78, 5) is 18.8. The van der Waals surface area contributed by atoms with E-state index < -0.39 is 0 Å². The number of carbonyl (C=O) groups is 1. The van der Waals surface area contributed by atoms with E-state index in [0.29, 0.717) is 29.0 Å². The Kier molecular flexibility index (Phi) is 3.90.